The molecular weight excluding hydrogens is 196 g/mol. The van der Waals surface area contributed by atoms with E-state index in [0.29, 0.717) is 24.6 Å². The Morgan fingerprint density at radius 3 is 2.73 bits per heavy atom. The molecule has 0 aliphatic carbocycles. The minimum Gasteiger partial charge on any atom is -0.491 e. The van der Waals surface area contributed by atoms with Crippen LogP contribution in [0.3, 0.4) is 0 Å². The van der Waals surface area contributed by atoms with Crippen molar-refractivity contribution in [3.63, 3.8) is 0 Å². The lowest BCUT2D eigenvalue weighted by molar-refractivity contribution is 0.0697. The molecule has 0 saturated carbocycles. The van der Waals surface area contributed by atoms with Gasteiger partial charge >= 0.3 is 5.97 Å². The molecule has 1 aromatic carbocycles. The summed E-state index contributed by atoms with van der Waals surface area (Å²) in [5.41, 5.74) is 11.4. The van der Waals surface area contributed by atoms with Crippen LogP contribution >= 0.6 is 0 Å². The van der Waals surface area contributed by atoms with Crippen LogP contribution in [0.25, 0.3) is 0 Å². The summed E-state index contributed by atoms with van der Waals surface area (Å²) < 4.78 is 5.31. The van der Waals surface area contributed by atoms with Crippen molar-refractivity contribution in [1.82, 2.24) is 0 Å². The van der Waals surface area contributed by atoms with Crippen LogP contribution in [0, 0.1) is 0 Å². The number of nitrogen functional groups attached to an aromatic ring is 1. The van der Waals surface area contributed by atoms with E-state index in [4.69, 9.17) is 21.3 Å². The van der Waals surface area contributed by atoms with Crippen LogP contribution < -0.4 is 16.2 Å². The van der Waals surface area contributed by atoms with E-state index in [-0.39, 0.29) is 5.56 Å². The van der Waals surface area contributed by atoms with Crippen molar-refractivity contribution in [2.45, 2.75) is 6.42 Å². The third kappa shape index (κ3) is 3.14. The van der Waals surface area contributed by atoms with Gasteiger partial charge in [-0.3, -0.25) is 0 Å². The Morgan fingerprint density at radius 1 is 1.47 bits per heavy atom. The van der Waals surface area contributed by atoms with Crippen molar-refractivity contribution < 1.29 is 14.6 Å². The smallest absolute Gasteiger partial charge is 0.335 e. The molecule has 5 N–H and O–H groups in total. The maximum Gasteiger partial charge on any atom is 0.335 e. The van der Waals surface area contributed by atoms with Crippen molar-refractivity contribution in [2.24, 2.45) is 5.73 Å². The van der Waals surface area contributed by atoms with Gasteiger partial charge in [-0.1, -0.05) is 0 Å². The lowest BCUT2D eigenvalue weighted by atomic mass is 10.2. The Kier molecular flexibility index (Phi) is 3.93. The number of rotatable bonds is 5. The molecule has 5 nitrogen and oxygen atoms in total. The van der Waals surface area contributed by atoms with Gasteiger partial charge in [-0.05, 0) is 31.2 Å². The normalized spacial score (nSPS) is 9.93. The number of hydrogen-bond donors (Lipinski definition) is 3. The zero-order chi connectivity index (χ0) is 11.3. The van der Waals surface area contributed by atoms with Crippen LogP contribution in [0.2, 0.25) is 0 Å². The summed E-state index contributed by atoms with van der Waals surface area (Å²) in [4.78, 5) is 10.6. The average molecular weight is 210 g/mol. The quantitative estimate of drug-likeness (QED) is 0.490. The fourth-order valence-electron chi connectivity index (χ4n) is 1.08. The minimum absolute atomic E-state index is 0.152. The van der Waals surface area contributed by atoms with E-state index in [0.717, 1.165) is 6.42 Å². The average Bonchev–Trinajstić information content (AvgIpc) is 2.20. The Bertz CT molecular complexity index is 353. The molecule has 0 fully saturated rings. The molecule has 0 saturated heterocycles. The van der Waals surface area contributed by atoms with E-state index >= 15 is 0 Å². The summed E-state index contributed by atoms with van der Waals surface area (Å²) in [5, 5.41) is 8.70. The molecule has 1 aromatic rings. The number of anilines is 1. The molecule has 0 heterocycles. The third-order valence-corrected chi connectivity index (χ3v) is 1.86. The molecule has 0 spiro atoms. The number of ether oxygens (including phenoxy) is 1. The molecular formula is C10H14N2O3. The first-order chi connectivity index (χ1) is 7.15. The molecule has 0 aliphatic heterocycles. The van der Waals surface area contributed by atoms with Crippen LogP contribution in [-0.4, -0.2) is 24.2 Å². The second-order valence-corrected chi connectivity index (χ2v) is 3.05. The summed E-state index contributed by atoms with van der Waals surface area (Å²) in [6.45, 7) is 1.03. The van der Waals surface area contributed by atoms with Crippen LogP contribution in [0.5, 0.6) is 5.75 Å². The number of carboxylic acids is 1. The van der Waals surface area contributed by atoms with Gasteiger partial charge in [0.05, 0.1) is 17.9 Å². The summed E-state index contributed by atoms with van der Waals surface area (Å²) in [6.07, 6.45) is 0.736. The lowest BCUT2D eigenvalue weighted by Crippen LogP contribution is -2.07. The van der Waals surface area contributed by atoms with Crippen molar-refractivity contribution >= 4 is 11.7 Å². The van der Waals surface area contributed by atoms with Gasteiger partial charge in [0, 0.05) is 0 Å². The number of aromatic carboxylic acids is 1. The molecule has 0 bridgehead atoms. The molecule has 15 heavy (non-hydrogen) atoms. The lowest BCUT2D eigenvalue weighted by Gasteiger charge is -2.08. The molecule has 1 rings (SSSR count). The fraction of sp³-hybridized carbons (Fsp3) is 0.300. The maximum absolute atomic E-state index is 10.6. The van der Waals surface area contributed by atoms with Gasteiger partial charge in [0.25, 0.3) is 0 Å². The Morgan fingerprint density at radius 2 is 2.20 bits per heavy atom. The first-order valence-corrected chi connectivity index (χ1v) is 4.61. The third-order valence-electron chi connectivity index (χ3n) is 1.86. The first kappa shape index (κ1) is 11.3. The standard InChI is InChI=1S/C10H14N2O3/c11-4-1-5-15-9-3-2-7(10(13)14)6-8(9)12/h2-3,6H,1,4-5,11-12H2,(H,13,14). The van der Waals surface area contributed by atoms with Gasteiger partial charge in [0.15, 0.2) is 0 Å². The highest BCUT2D eigenvalue weighted by Crippen LogP contribution is 2.22. The highest BCUT2D eigenvalue weighted by Gasteiger charge is 2.06. The second-order valence-electron chi connectivity index (χ2n) is 3.05. The van der Waals surface area contributed by atoms with Gasteiger partial charge < -0.3 is 21.3 Å². The number of hydrogen-bond acceptors (Lipinski definition) is 4. The van der Waals surface area contributed by atoms with Crippen molar-refractivity contribution in [3.8, 4) is 5.75 Å². The summed E-state index contributed by atoms with van der Waals surface area (Å²) in [6, 6.07) is 4.38. The van der Waals surface area contributed by atoms with Crippen LogP contribution in [-0.2, 0) is 0 Å². The molecule has 0 unspecified atom stereocenters. The number of carbonyl (C=O) groups is 1. The highest BCUT2D eigenvalue weighted by molar-refractivity contribution is 5.89. The predicted molar refractivity (Wildman–Crippen MR) is 57.0 cm³/mol. The van der Waals surface area contributed by atoms with Gasteiger partial charge in [-0.15, -0.1) is 0 Å². The first-order valence-electron chi connectivity index (χ1n) is 4.61. The zero-order valence-corrected chi connectivity index (χ0v) is 8.27. The number of nitrogens with two attached hydrogens (primary N) is 2. The molecule has 5 heteroatoms. The zero-order valence-electron chi connectivity index (χ0n) is 8.27. The summed E-state index contributed by atoms with van der Waals surface area (Å²) in [5.74, 6) is -0.511. The molecule has 0 amide bonds. The Labute approximate surface area is 87.6 Å². The molecule has 0 aromatic heterocycles. The molecule has 0 aliphatic rings. The van der Waals surface area contributed by atoms with Gasteiger partial charge in [0.2, 0.25) is 0 Å². The topological polar surface area (TPSA) is 98.6 Å². The highest BCUT2D eigenvalue weighted by atomic mass is 16.5. The SMILES string of the molecule is NCCCOc1ccc(C(=O)O)cc1N. The van der Waals surface area contributed by atoms with Gasteiger partial charge in [0.1, 0.15) is 5.75 Å². The molecule has 82 valence electrons. The van der Waals surface area contributed by atoms with Crippen LogP contribution in [0.1, 0.15) is 16.8 Å². The Balaban J connectivity index is 2.70. The molecule has 0 radical (unpaired) electrons. The van der Waals surface area contributed by atoms with Crippen molar-refractivity contribution in [1.29, 1.82) is 0 Å². The number of benzene rings is 1. The van der Waals surface area contributed by atoms with Crippen molar-refractivity contribution in [2.75, 3.05) is 18.9 Å². The van der Waals surface area contributed by atoms with Crippen molar-refractivity contribution in [3.05, 3.63) is 23.8 Å². The van der Waals surface area contributed by atoms with Gasteiger partial charge in [-0.2, -0.15) is 0 Å². The summed E-state index contributed by atoms with van der Waals surface area (Å²) in [7, 11) is 0. The van der Waals surface area contributed by atoms with Crippen LogP contribution in [0.15, 0.2) is 18.2 Å². The van der Waals surface area contributed by atoms with Gasteiger partial charge in [-0.25, -0.2) is 4.79 Å². The largest absolute Gasteiger partial charge is 0.491 e. The predicted octanol–water partition coefficient (Wildman–Crippen LogP) is 0.695. The minimum atomic E-state index is -1.00. The van der Waals surface area contributed by atoms with Crippen LogP contribution in [0.4, 0.5) is 5.69 Å². The monoisotopic (exact) mass is 210 g/mol. The fourth-order valence-corrected chi connectivity index (χ4v) is 1.08. The molecule has 0 atom stereocenters. The van der Waals surface area contributed by atoms with E-state index in [1.807, 2.05) is 0 Å². The van der Waals surface area contributed by atoms with E-state index in [1.54, 1.807) is 6.07 Å². The maximum atomic E-state index is 10.6. The van der Waals surface area contributed by atoms with E-state index < -0.39 is 5.97 Å². The van der Waals surface area contributed by atoms with E-state index in [9.17, 15) is 4.79 Å². The van der Waals surface area contributed by atoms with E-state index in [1.165, 1.54) is 12.1 Å². The van der Waals surface area contributed by atoms with E-state index in [2.05, 4.69) is 0 Å². The summed E-state index contributed by atoms with van der Waals surface area (Å²) >= 11 is 0. The number of carboxylic acid groups (broad SMARTS) is 1. The second kappa shape index (κ2) is 5.21. The Hall–Kier alpha value is -1.75.